The van der Waals surface area contributed by atoms with Crippen LogP contribution in [0, 0.1) is 13.8 Å². The van der Waals surface area contributed by atoms with E-state index in [-0.39, 0.29) is 11.9 Å². The molecule has 0 saturated carbocycles. The van der Waals surface area contributed by atoms with Crippen molar-refractivity contribution in [2.24, 2.45) is 0 Å². The number of aromatic nitrogens is 4. The van der Waals surface area contributed by atoms with Gasteiger partial charge in [0.05, 0.1) is 12.6 Å². The average Bonchev–Trinajstić information content (AvgIpc) is 3.42. The van der Waals surface area contributed by atoms with Crippen molar-refractivity contribution < 1.29 is 9.53 Å². The molecule has 0 bridgehead atoms. The van der Waals surface area contributed by atoms with Crippen molar-refractivity contribution >= 4 is 23.5 Å². The van der Waals surface area contributed by atoms with Crippen molar-refractivity contribution in [3.8, 4) is 5.82 Å². The number of nitrogens with zero attached hydrogens (tertiary/aromatic N) is 4. The second-order valence-corrected chi connectivity index (χ2v) is 7.69. The summed E-state index contributed by atoms with van der Waals surface area (Å²) in [5.74, 6) is 0.937. The normalized spacial score (nSPS) is 15.9. The second kappa shape index (κ2) is 8.81. The van der Waals surface area contributed by atoms with Crippen LogP contribution >= 0.6 is 11.6 Å². The first-order chi connectivity index (χ1) is 14.5. The van der Waals surface area contributed by atoms with Crippen molar-refractivity contribution in [2.45, 2.75) is 32.9 Å². The first-order valence-corrected chi connectivity index (χ1v) is 10.1. The minimum atomic E-state index is -0.263. The SMILES string of the molecule is Cc1cnc(NC2CCOC2)nc1-n1cnc(C(=O)NCc2cccc(Cl)c2C)c1. The Morgan fingerprint density at radius 3 is 3.00 bits per heavy atom. The summed E-state index contributed by atoms with van der Waals surface area (Å²) in [5.41, 5.74) is 3.11. The van der Waals surface area contributed by atoms with E-state index in [1.165, 1.54) is 0 Å². The molecule has 8 nitrogen and oxygen atoms in total. The Kier molecular flexibility index (Phi) is 5.96. The van der Waals surface area contributed by atoms with Gasteiger partial charge < -0.3 is 15.4 Å². The van der Waals surface area contributed by atoms with Gasteiger partial charge in [0, 0.05) is 36.1 Å². The molecule has 1 aromatic carbocycles. The van der Waals surface area contributed by atoms with Crippen LogP contribution in [-0.2, 0) is 11.3 Å². The maximum absolute atomic E-state index is 12.6. The lowest BCUT2D eigenvalue weighted by Crippen LogP contribution is -2.23. The Labute approximate surface area is 179 Å². The molecule has 1 atom stereocenters. The van der Waals surface area contributed by atoms with Crippen LogP contribution in [0.5, 0.6) is 0 Å². The van der Waals surface area contributed by atoms with Crippen LogP contribution in [0.1, 0.15) is 33.6 Å². The van der Waals surface area contributed by atoms with E-state index in [1.54, 1.807) is 23.3 Å². The lowest BCUT2D eigenvalue weighted by atomic mass is 10.1. The molecule has 30 heavy (non-hydrogen) atoms. The summed E-state index contributed by atoms with van der Waals surface area (Å²) >= 11 is 6.15. The molecule has 3 heterocycles. The van der Waals surface area contributed by atoms with Crippen molar-refractivity contribution in [1.82, 2.24) is 24.8 Å². The summed E-state index contributed by atoms with van der Waals surface area (Å²) in [6, 6.07) is 5.84. The molecule has 0 aliphatic carbocycles. The Bertz CT molecular complexity index is 1060. The maximum Gasteiger partial charge on any atom is 0.271 e. The number of anilines is 1. The van der Waals surface area contributed by atoms with E-state index >= 15 is 0 Å². The molecule has 2 aromatic heterocycles. The van der Waals surface area contributed by atoms with E-state index in [0.29, 0.717) is 35.6 Å². The summed E-state index contributed by atoms with van der Waals surface area (Å²) in [6.45, 7) is 5.61. The summed E-state index contributed by atoms with van der Waals surface area (Å²) in [7, 11) is 0. The number of aryl methyl sites for hydroxylation is 1. The van der Waals surface area contributed by atoms with Crippen LogP contribution in [0.2, 0.25) is 5.02 Å². The fourth-order valence-electron chi connectivity index (χ4n) is 3.26. The first kappa shape index (κ1) is 20.3. The Morgan fingerprint density at radius 1 is 1.33 bits per heavy atom. The van der Waals surface area contributed by atoms with Gasteiger partial charge in [-0.3, -0.25) is 9.36 Å². The molecule has 2 N–H and O–H groups in total. The second-order valence-electron chi connectivity index (χ2n) is 7.28. The van der Waals surface area contributed by atoms with Crippen molar-refractivity contribution in [1.29, 1.82) is 0 Å². The summed E-state index contributed by atoms with van der Waals surface area (Å²) < 4.78 is 7.11. The number of carbonyl (C=O) groups excluding carboxylic acids is 1. The van der Waals surface area contributed by atoms with Gasteiger partial charge in [-0.15, -0.1) is 0 Å². The number of hydrogen-bond acceptors (Lipinski definition) is 6. The predicted octanol–water partition coefficient (Wildman–Crippen LogP) is 3.06. The molecule has 3 aromatic rings. The number of nitrogens with one attached hydrogen (secondary N) is 2. The largest absolute Gasteiger partial charge is 0.379 e. The third-order valence-electron chi connectivity index (χ3n) is 5.09. The highest BCUT2D eigenvalue weighted by Gasteiger charge is 2.18. The summed E-state index contributed by atoms with van der Waals surface area (Å²) in [5, 5.41) is 6.85. The molecule has 1 amide bonds. The first-order valence-electron chi connectivity index (χ1n) is 9.75. The Balaban J connectivity index is 1.46. The highest BCUT2D eigenvalue weighted by atomic mass is 35.5. The number of imidazole rings is 1. The van der Waals surface area contributed by atoms with Crippen LogP contribution < -0.4 is 10.6 Å². The van der Waals surface area contributed by atoms with Gasteiger partial charge >= 0.3 is 0 Å². The summed E-state index contributed by atoms with van der Waals surface area (Å²) in [4.78, 5) is 25.7. The van der Waals surface area contributed by atoms with Gasteiger partial charge in [0.15, 0.2) is 0 Å². The van der Waals surface area contributed by atoms with Crippen LogP contribution in [0.4, 0.5) is 5.95 Å². The van der Waals surface area contributed by atoms with Crippen LogP contribution in [0.25, 0.3) is 5.82 Å². The third kappa shape index (κ3) is 4.44. The Morgan fingerprint density at radius 2 is 2.20 bits per heavy atom. The monoisotopic (exact) mass is 426 g/mol. The molecule has 9 heteroatoms. The molecule has 1 unspecified atom stereocenters. The number of amides is 1. The molecular formula is C21H23ClN6O2. The lowest BCUT2D eigenvalue weighted by Gasteiger charge is -2.12. The standard InChI is InChI=1S/C21H23ClN6O2/c1-13-8-24-21(26-16-6-7-30-11-16)27-19(13)28-10-18(25-12-28)20(29)23-9-15-4-3-5-17(22)14(15)2/h3-5,8,10,12,16H,6-7,9,11H2,1-2H3,(H,23,29)(H,24,26,27). The van der Waals surface area contributed by atoms with E-state index in [0.717, 1.165) is 29.7 Å². The number of hydrogen-bond donors (Lipinski definition) is 2. The fourth-order valence-corrected chi connectivity index (χ4v) is 3.45. The van der Waals surface area contributed by atoms with Crippen LogP contribution in [0.15, 0.2) is 36.9 Å². The topological polar surface area (TPSA) is 94.0 Å². The van der Waals surface area contributed by atoms with E-state index in [2.05, 4.69) is 25.6 Å². The predicted molar refractivity (Wildman–Crippen MR) is 114 cm³/mol. The molecule has 1 fully saturated rings. The molecule has 1 saturated heterocycles. The van der Waals surface area contributed by atoms with E-state index < -0.39 is 0 Å². The van der Waals surface area contributed by atoms with Crippen molar-refractivity contribution in [3.63, 3.8) is 0 Å². The number of halogens is 1. The minimum absolute atomic E-state index is 0.208. The van der Waals surface area contributed by atoms with Gasteiger partial charge in [-0.05, 0) is 37.5 Å². The molecule has 1 aliphatic rings. The summed E-state index contributed by atoms with van der Waals surface area (Å²) in [6.07, 6.45) is 5.92. The lowest BCUT2D eigenvalue weighted by molar-refractivity contribution is 0.0946. The quantitative estimate of drug-likeness (QED) is 0.629. The van der Waals surface area contributed by atoms with Gasteiger partial charge in [-0.2, -0.15) is 4.98 Å². The van der Waals surface area contributed by atoms with E-state index in [9.17, 15) is 4.79 Å². The smallest absolute Gasteiger partial charge is 0.271 e. The third-order valence-corrected chi connectivity index (χ3v) is 5.50. The maximum atomic E-state index is 12.6. The number of carbonyl (C=O) groups is 1. The zero-order valence-electron chi connectivity index (χ0n) is 16.9. The molecule has 0 radical (unpaired) electrons. The molecule has 1 aliphatic heterocycles. The van der Waals surface area contributed by atoms with E-state index in [1.807, 2.05) is 32.0 Å². The Hall–Kier alpha value is -2.97. The number of benzene rings is 1. The van der Waals surface area contributed by atoms with Gasteiger partial charge in [-0.25, -0.2) is 9.97 Å². The minimum Gasteiger partial charge on any atom is -0.379 e. The van der Waals surface area contributed by atoms with Gasteiger partial charge in [0.1, 0.15) is 17.8 Å². The molecule has 156 valence electrons. The van der Waals surface area contributed by atoms with Crippen molar-refractivity contribution in [2.75, 3.05) is 18.5 Å². The zero-order chi connectivity index (χ0) is 21.1. The number of rotatable bonds is 6. The van der Waals surface area contributed by atoms with Crippen LogP contribution in [0.3, 0.4) is 0 Å². The number of ether oxygens (including phenoxy) is 1. The van der Waals surface area contributed by atoms with Gasteiger partial charge in [0.2, 0.25) is 5.95 Å². The van der Waals surface area contributed by atoms with Gasteiger partial charge in [0.25, 0.3) is 5.91 Å². The zero-order valence-corrected chi connectivity index (χ0v) is 17.6. The van der Waals surface area contributed by atoms with Crippen LogP contribution in [-0.4, -0.2) is 44.7 Å². The van der Waals surface area contributed by atoms with Crippen molar-refractivity contribution in [3.05, 3.63) is 64.3 Å². The highest BCUT2D eigenvalue weighted by molar-refractivity contribution is 6.31. The molecular weight excluding hydrogens is 404 g/mol. The molecule has 0 spiro atoms. The average molecular weight is 427 g/mol. The highest BCUT2D eigenvalue weighted by Crippen LogP contribution is 2.19. The fraction of sp³-hybridized carbons (Fsp3) is 0.333. The van der Waals surface area contributed by atoms with Gasteiger partial charge in [-0.1, -0.05) is 23.7 Å². The molecule has 4 rings (SSSR count). The van der Waals surface area contributed by atoms with E-state index in [4.69, 9.17) is 16.3 Å².